The summed E-state index contributed by atoms with van der Waals surface area (Å²) >= 11 is 3.42. The Morgan fingerprint density at radius 3 is 2.72 bits per heavy atom. The third-order valence-corrected chi connectivity index (χ3v) is 3.00. The van der Waals surface area contributed by atoms with Crippen LogP contribution in [-0.2, 0) is 0 Å². The molecular formula is C14H14BrNO2. The first-order chi connectivity index (χ1) is 8.69. The lowest BCUT2D eigenvalue weighted by atomic mass is 10.1. The van der Waals surface area contributed by atoms with Gasteiger partial charge in [0, 0.05) is 11.0 Å². The van der Waals surface area contributed by atoms with Crippen LogP contribution in [0.3, 0.4) is 0 Å². The van der Waals surface area contributed by atoms with E-state index in [1.807, 2.05) is 37.3 Å². The average Bonchev–Trinajstić information content (AvgIpc) is 2.36. The summed E-state index contributed by atoms with van der Waals surface area (Å²) < 4.78 is 6.22. The van der Waals surface area contributed by atoms with Crippen molar-refractivity contribution in [3.8, 4) is 5.75 Å². The molecule has 1 amide bonds. The van der Waals surface area contributed by atoms with Gasteiger partial charge in [0.2, 0.25) is 0 Å². The van der Waals surface area contributed by atoms with Crippen molar-refractivity contribution in [2.24, 2.45) is 0 Å². The molecule has 2 rings (SSSR count). The summed E-state index contributed by atoms with van der Waals surface area (Å²) in [6.07, 6.45) is 0.481. The van der Waals surface area contributed by atoms with Crippen LogP contribution in [0.4, 0.5) is 4.79 Å². The van der Waals surface area contributed by atoms with Crippen molar-refractivity contribution in [2.75, 3.05) is 6.54 Å². The van der Waals surface area contributed by atoms with Crippen molar-refractivity contribution < 1.29 is 9.53 Å². The average molecular weight is 308 g/mol. The van der Waals surface area contributed by atoms with E-state index in [4.69, 9.17) is 4.74 Å². The topological polar surface area (TPSA) is 38.3 Å². The molecule has 0 heterocycles. The molecule has 3 nitrogen and oxygen atoms in total. The number of carbonyl (C=O) groups is 1. The molecule has 2 aromatic carbocycles. The van der Waals surface area contributed by atoms with Gasteiger partial charge in [-0.1, -0.05) is 35.0 Å². The molecule has 4 heteroatoms. The molecule has 2 aromatic rings. The minimum Gasteiger partial charge on any atom is -0.410 e. The van der Waals surface area contributed by atoms with Crippen LogP contribution in [-0.4, -0.2) is 12.6 Å². The van der Waals surface area contributed by atoms with Gasteiger partial charge in [0.1, 0.15) is 5.75 Å². The Balaban J connectivity index is 2.15. The molecule has 1 N–H and O–H groups in total. The lowest BCUT2D eigenvalue weighted by Gasteiger charge is -2.06. The van der Waals surface area contributed by atoms with E-state index in [9.17, 15) is 4.79 Å². The fourth-order valence-corrected chi connectivity index (χ4v) is 2.01. The summed E-state index contributed by atoms with van der Waals surface area (Å²) in [5.74, 6) is 0.554. The second kappa shape index (κ2) is 5.87. The number of hydrogen-bond acceptors (Lipinski definition) is 2. The van der Waals surface area contributed by atoms with Crippen molar-refractivity contribution in [2.45, 2.75) is 13.3 Å². The maximum atomic E-state index is 11.4. The molecule has 0 aliphatic heterocycles. The van der Waals surface area contributed by atoms with Gasteiger partial charge in [0.15, 0.2) is 0 Å². The van der Waals surface area contributed by atoms with Crippen molar-refractivity contribution in [1.82, 2.24) is 5.32 Å². The van der Waals surface area contributed by atoms with Crippen molar-refractivity contribution in [3.05, 3.63) is 40.9 Å². The smallest absolute Gasteiger partial charge is 0.410 e. The molecule has 0 aliphatic carbocycles. The zero-order valence-electron chi connectivity index (χ0n) is 10.1. The summed E-state index contributed by atoms with van der Waals surface area (Å²) in [5.41, 5.74) is 0. The highest BCUT2D eigenvalue weighted by Gasteiger charge is 2.04. The van der Waals surface area contributed by atoms with Crippen LogP contribution in [0.1, 0.15) is 13.3 Å². The van der Waals surface area contributed by atoms with Crippen molar-refractivity contribution in [3.63, 3.8) is 0 Å². The molecular weight excluding hydrogens is 294 g/mol. The number of benzene rings is 2. The van der Waals surface area contributed by atoms with E-state index in [1.54, 1.807) is 6.07 Å². The quantitative estimate of drug-likeness (QED) is 0.927. The van der Waals surface area contributed by atoms with Crippen LogP contribution in [0.2, 0.25) is 0 Å². The summed E-state index contributed by atoms with van der Waals surface area (Å²) in [6.45, 7) is 2.62. The molecule has 0 bridgehead atoms. The Labute approximate surface area is 114 Å². The summed E-state index contributed by atoms with van der Waals surface area (Å²) in [6, 6.07) is 11.5. The van der Waals surface area contributed by atoms with Gasteiger partial charge in [0.05, 0.1) is 0 Å². The summed E-state index contributed by atoms with van der Waals surface area (Å²) in [7, 11) is 0. The number of hydrogen-bond donors (Lipinski definition) is 1. The highest BCUT2D eigenvalue weighted by molar-refractivity contribution is 9.10. The number of nitrogens with one attached hydrogen (secondary N) is 1. The van der Waals surface area contributed by atoms with Gasteiger partial charge < -0.3 is 10.1 Å². The van der Waals surface area contributed by atoms with Gasteiger partial charge in [-0.15, -0.1) is 0 Å². The number of fused-ring (bicyclic) bond motifs is 1. The van der Waals surface area contributed by atoms with Gasteiger partial charge in [-0.3, -0.25) is 0 Å². The summed E-state index contributed by atoms with van der Waals surface area (Å²) in [4.78, 5) is 11.4. The molecule has 0 saturated heterocycles. The first-order valence-electron chi connectivity index (χ1n) is 5.84. The molecule has 0 saturated carbocycles. The van der Waals surface area contributed by atoms with Crippen LogP contribution < -0.4 is 10.1 Å². The molecule has 0 atom stereocenters. The molecule has 0 fully saturated rings. The van der Waals surface area contributed by atoms with E-state index in [-0.39, 0.29) is 0 Å². The maximum absolute atomic E-state index is 11.4. The number of carbonyl (C=O) groups excluding carboxylic acids is 1. The molecule has 0 aliphatic rings. The maximum Gasteiger partial charge on any atom is 0.412 e. The molecule has 0 spiro atoms. The van der Waals surface area contributed by atoms with Gasteiger partial charge in [-0.25, -0.2) is 4.79 Å². The highest BCUT2D eigenvalue weighted by Crippen LogP contribution is 2.24. The van der Waals surface area contributed by atoms with Crippen molar-refractivity contribution >= 4 is 32.8 Å². The molecule has 0 radical (unpaired) electrons. The molecule has 0 aromatic heterocycles. The van der Waals surface area contributed by atoms with E-state index in [2.05, 4.69) is 21.2 Å². The van der Waals surface area contributed by atoms with Gasteiger partial charge in [-0.05, 0) is 41.5 Å². The van der Waals surface area contributed by atoms with Crippen LogP contribution in [0.5, 0.6) is 5.75 Å². The van der Waals surface area contributed by atoms with E-state index in [1.165, 1.54) is 0 Å². The number of amides is 1. The third kappa shape index (κ3) is 3.23. The number of halogens is 1. The Bertz CT molecular complexity index is 569. The first-order valence-corrected chi connectivity index (χ1v) is 6.63. The Morgan fingerprint density at radius 2 is 1.94 bits per heavy atom. The number of ether oxygens (including phenoxy) is 1. The molecule has 18 heavy (non-hydrogen) atoms. The highest BCUT2D eigenvalue weighted by atomic mass is 79.9. The number of rotatable bonds is 3. The van der Waals surface area contributed by atoms with Gasteiger partial charge >= 0.3 is 6.09 Å². The van der Waals surface area contributed by atoms with E-state index >= 15 is 0 Å². The van der Waals surface area contributed by atoms with E-state index < -0.39 is 6.09 Å². The van der Waals surface area contributed by atoms with Crippen LogP contribution in [0, 0.1) is 0 Å². The lowest BCUT2D eigenvalue weighted by Crippen LogP contribution is -2.27. The largest absolute Gasteiger partial charge is 0.412 e. The minimum atomic E-state index is -0.409. The van der Waals surface area contributed by atoms with E-state index in [0.29, 0.717) is 12.3 Å². The monoisotopic (exact) mass is 307 g/mol. The minimum absolute atomic E-state index is 0.409. The summed E-state index contributed by atoms with van der Waals surface area (Å²) in [5, 5.41) is 4.81. The van der Waals surface area contributed by atoms with E-state index in [0.717, 1.165) is 21.7 Å². The van der Waals surface area contributed by atoms with Crippen LogP contribution in [0.15, 0.2) is 40.9 Å². The standard InChI is InChI=1S/C14H14BrNO2/c1-2-7-16-14(17)18-13-6-4-10-8-12(15)5-3-11(10)9-13/h3-6,8-9H,2,7H2,1H3,(H,16,17). The normalized spacial score (nSPS) is 10.3. The second-order valence-electron chi connectivity index (χ2n) is 3.97. The zero-order valence-corrected chi connectivity index (χ0v) is 11.7. The third-order valence-electron chi connectivity index (χ3n) is 2.50. The van der Waals surface area contributed by atoms with Gasteiger partial charge in [-0.2, -0.15) is 0 Å². The van der Waals surface area contributed by atoms with Crippen molar-refractivity contribution in [1.29, 1.82) is 0 Å². The Kier molecular flexibility index (Phi) is 4.20. The molecule has 0 unspecified atom stereocenters. The fourth-order valence-electron chi connectivity index (χ4n) is 1.63. The van der Waals surface area contributed by atoms with Crippen LogP contribution >= 0.6 is 15.9 Å². The Morgan fingerprint density at radius 1 is 1.22 bits per heavy atom. The second-order valence-corrected chi connectivity index (χ2v) is 4.89. The first kappa shape index (κ1) is 12.9. The predicted octanol–water partition coefficient (Wildman–Crippen LogP) is 4.10. The SMILES string of the molecule is CCCNC(=O)Oc1ccc2cc(Br)ccc2c1. The lowest BCUT2D eigenvalue weighted by molar-refractivity contribution is 0.200. The van der Waals surface area contributed by atoms with Gasteiger partial charge in [0.25, 0.3) is 0 Å². The Hall–Kier alpha value is -1.55. The fraction of sp³-hybridized carbons (Fsp3) is 0.214. The molecule has 94 valence electrons. The predicted molar refractivity (Wildman–Crippen MR) is 76.0 cm³/mol. The van der Waals surface area contributed by atoms with Crippen LogP contribution in [0.25, 0.3) is 10.8 Å². The zero-order chi connectivity index (χ0) is 13.0.